The number of rotatable bonds is 1. The number of benzene rings is 2. The van der Waals surface area contributed by atoms with Crippen molar-refractivity contribution in [1.82, 2.24) is 0 Å². The highest BCUT2D eigenvalue weighted by Crippen LogP contribution is 2.45. The van der Waals surface area contributed by atoms with Crippen LogP contribution < -0.4 is 0 Å². The molecule has 2 atom stereocenters. The van der Waals surface area contributed by atoms with E-state index in [4.69, 9.17) is 0 Å². The van der Waals surface area contributed by atoms with Gasteiger partial charge in [0.05, 0.1) is 0 Å². The van der Waals surface area contributed by atoms with Gasteiger partial charge in [0.2, 0.25) is 0 Å². The molecule has 2 heteroatoms. The molecule has 0 heterocycles. The van der Waals surface area contributed by atoms with Crippen LogP contribution in [0.4, 0.5) is 4.39 Å². The van der Waals surface area contributed by atoms with E-state index in [1.165, 1.54) is 17.7 Å². The second kappa shape index (κ2) is 4.71. The maximum Gasteiger partial charge on any atom is 0.123 e. The Balaban J connectivity index is 2.20. The van der Waals surface area contributed by atoms with Gasteiger partial charge < -0.3 is 5.11 Å². The van der Waals surface area contributed by atoms with Crippen molar-refractivity contribution in [3.63, 3.8) is 0 Å². The van der Waals surface area contributed by atoms with Gasteiger partial charge in [-0.25, -0.2) is 4.39 Å². The standard InChI is InChI=1S/C18H19FO/c1-12-9-10-18(20,17-6-4-3-5-15(12)17)16-8-7-14(19)11-13(16)2/h3-8,11-12,20H,9-10H2,1-2H3. The summed E-state index contributed by atoms with van der Waals surface area (Å²) in [6.07, 6.45) is 1.61. The Kier molecular flexibility index (Phi) is 3.14. The van der Waals surface area contributed by atoms with E-state index in [1.807, 2.05) is 25.1 Å². The smallest absolute Gasteiger partial charge is 0.123 e. The molecule has 1 aliphatic carbocycles. The molecule has 0 aliphatic heterocycles. The molecule has 104 valence electrons. The van der Waals surface area contributed by atoms with Crippen molar-refractivity contribution in [2.45, 2.75) is 38.2 Å². The normalized spacial score (nSPS) is 25.3. The summed E-state index contributed by atoms with van der Waals surface area (Å²) < 4.78 is 13.3. The maximum absolute atomic E-state index is 13.3. The molecule has 0 saturated carbocycles. The van der Waals surface area contributed by atoms with E-state index < -0.39 is 5.60 Å². The summed E-state index contributed by atoms with van der Waals surface area (Å²) in [5.41, 5.74) is 2.79. The molecule has 0 radical (unpaired) electrons. The Labute approximate surface area is 119 Å². The molecule has 1 N–H and O–H groups in total. The fraction of sp³-hybridized carbons (Fsp3) is 0.333. The van der Waals surface area contributed by atoms with Gasteiger partial charge in [0.15, 0.2) is 0 Å². The average molecular weight is 270 g/mol. The second-order valence-corrected chi connectivity index (χ2v) is 5.85. The molecule has 1 nitrogen and oxygen atoms in total. The van der Waals surface area contributed by atoms with E-state index in [9.17, 15) is 9.50 Å². The fourth-order valence-electron chi connectivity index (χ4n) is 3.39. The number of hydrogen-bond donors (Lipinski definition) is 1. The zero-order chi connectivity index (χ0) is 14.3. The van der Waals surface area contributed by atoms with Gasteiger partial charge in [-0.05, 0) is 60.1 Å². The Morgan fingerprint density at radius 3 is 2.65 bits per heavy atom. The highest BCUT2D eigenvalue weighted by Gasteiger charge is 2.39. The number of fused-ring (bicyclic) bond motifs is 1. The van der Waals surface area contributed by atoms with Gasteiger partial charge in [-0.3, -0.25) is 0 Å². The summed E-state index contributed by atoms with van der Waals surface area (Å²) >= 11 is 0. The monoisotopic (exact) mass is 270 g/mol. The summed E-state index contributed by atoms with van der Waals surface area (Å²) in [5.74, 6) is 0.194. The van der Waals surface area contributed by atoms with Crippen LogP contribution in [0.2, 0.25) is 0 Å². The zero-order valence-electron chi connectivity index (χ0n) is 11.9. The molecule has 0 saturated heterocycles. The van der Waals surface area contributed by atoms with Crippen molar-refractivity contribution >= 4 is 0 Å². The van der Waals surface area contributed by atoms with E-state index in [1.54, 1.807) is 6.07 Å². The summed E-state index contributed by atoms with van der Waals surface area (Å²) in [4.78, 5) is 0. The van der Waals surface area contributed by atoms with E-state index in [2.05, 4.69) is 13.0 Å². The Bertz CT molecular complexity index is 650. The fourth-order valence-corrected chi connectivity index (χ4v) is 3.39. The third-order valence-electron chi connectivity index (χ3n) is 4.51. The minimum atomic E-state index is -0.999. The second-order valence-electron chi connectivity index (χ2n) is 5.85. The third-order valence-corrected chi connectivity index (χ3v) is 4.51. The lowest BCUT2D eigenvalue weighted by atomic mass is 9.70. The maximum atomic E-state index is 13.3. The van der Waals surface area contributed by atoms with E-state index in [0.717, 1.165) is 23.1 Å². The van der Waals surface area contributed by atoms with Crippen molar-refractivity contribution in [3.05, 3.63) is 70.5 Å². The summed E-state index contributed by atoms with van der Waals surface area (Å²) in [6.45, 7) is 4.05. The number of hydrogen-bond acceptors (Lipinski definition) is 1. The SMILES string of the molecule is Cc1cc(F)ccc1C1(O)CCC(C)c2ccccc21. The number of aryl methyl sites for hydroxylation is 1. The Hall–Kier alpha value is -1.67. The first-order chi connectivity index (χ1) is 9.52. The van der Waals surface area contributed by atoms with Gasteiger partial charge in [0.1, 0.15) is 11.4 Å². The minimum Gasteiger partial charge on any atom is -0.380 e. The number of halogens is 1. The molecule has 0 bridgehead atoms. The van der Waals surface area contributed by atoms with Crippen LogP contribution in [0.15, 0.2) is 42.5 Å². The van der Waals surface area contributed by atoms with Crippen molar-refractivity contribution in [2.24, 2.45) is 0 Å². The van der Waals surface area contributed by atoms with Crippen LogP contribution in [0.5, 0.6) is 0 Å². The molecule has 0 fully saturated rings. The van der Waals surface area contributed by atoms with Gasteiger partial charge >= 0.3 is 0 Å². The van der Waals surface area contributed by atoms with Crippen molar-refractivity contribution in [2.75, 3.05) is 0 Å². The first kappa shape index (κ1) is 13.3. The van der Waals surface area contributed by atoms with E-state index in [-0.39, 0.29) is 5.82 Å². The van der Waals surface area contributed by atoms with Crippen molar-refractivity contribution in [1.29, 1.82) is 0 Å². The van der Waals surface area contributed by atoms with Gasteiger partial charge in [-0.15, -0.1) is 0 Å². The van der Waals surface area contributed by atoms with Crippen LogP contribution in [0.25, 0.3) is 0 Å². The minimum absolute atomic E-state index is 0.257. The van der Waals surface area contributed by atoms with Gasteiger partial charge in [-0.1, -0.05) is 37.3 Å². The van der Waals surface area contributed by atoms with Crippen LogP contribution in [-0.2, 0) is 5.60 Å². The molecule has 2 aromatic carbocycles. The molecule has 2 unspecified atom stereocenters. The van der Waals surface area contributed by atoms with Gasteiger partial charge in [0, 0.05) is 0 Å². The quantitative estimate of drug-likeness (QED) is 0.820. The highest BCUT2D eigenvalue weighted by molar-refractivity contribution is 5.47. The molecular formula is C18H19FO. The largest absolute Gasteiger partial charge is 0.380 e. The number of aliphatic hydroxyl groups is 1. The molecule has 20 heavy (non-hydrogen) atoms. The van der Waals surface area contributed by atoms with E-state index in [0.29, 0.717) is 12.3 Å². The lowest BCUT2D eigenvalue weighted by molar-refractivity contribution is 0.0572. The predicted octanol–water partition coefficient (Wildman–Crippen LogP) is 4.27. The molecule has 0 spiro atoms. The van der Waals surface area contributed by atoms with Crippen LogP contribution in [0.1, 0.15) is 47.9 Å². The Morgan fingerprint density at radius 1 is 1.15 bits per heavy atom. The molecule has 0 amide bonds. The van der Waals surface area contributed by atoms with Crippen LogP contribution >= 0.6 is 0 Å². The lowest BCUT2D eigenvalue weighted by Crippen LogP contribution is -2.33. The highest BCUT2D eigenvalue weighted by atomic mass is 19.1. The molecular weight excluding hydrogens is 251 g/mol. The summed E-state index contributed by atoms with van der Waals surface area (Å²) in [5, 5.41) is 11.3. The average Bonchev–Trinajstić information content (AvgIpc) is 2.43. The lowest BCUT2D eigenvalue weighted by Gasteiger charge is -2.38. The third kappa shape index (κ3) is 1.95. The van der Waals surface area contributed by atoms with Crippen molar-refractivity contribution < 1.29 is 9.50 Å². The Morgan fingerprint density at radius 2 is 1.90 bits per heavy atom. The molecule has 3 rings (SSSR count). The summed E-state index contributed by atoms with van der Waals surface area (Å²) in [7, 11) is 0. The van der Waals surface area contributed by atoms with Gasteiger partial charge in [0.25, 0.3) is 0 Å². The first-order valence-corrected chi connectivity index (χ1v) is 7.11. The van der Waals surface area contributed by atoms with E-state index >= 15 is 0 Å². The molecule has 2 aromatic rings. The van der Waals surface area contributed by atoms with Crippen LogP contribution in [-0.4, -0.2) is 5.11 Å². The summed E-state index contributed by atoms with van der Waals surface area (Å²) in [6, 6.07) is 12.7. The van der Waals surface area contributed by atoms with Gasteiger partial charge in [-0.2, -0.15) is 0 Å². The molecule has 0 aromatic heterocycles. The van der Waals surface area contributed by atoms with Crippen LogP contribution in [0, 0.1) is 12.7 Å². The van der Waals surface area contributed by atoms with Crippen molar-refractivity contribution in [3.8, 4) is 0 Å². The topological polar surface area (TPSA) is 20.2 Å². The zero-order valence-corrected chi connectivity index (χ0v) is 11.9. The van der Waals surface area contributed by atoms with Crippen LogP contribution in [0.3, 0.4) is 0 Å². The first-order valence-electron chi connectivity index (χ1n) is 7.11. The predicted molar refractivity (Wildman–Crippen MR) is 78.2 cm³/mol. The molecule has 1 aliphatic rings.